The second kappa shape index (κ2) is 5.70. The van der Waals surface area contributed by atoms with E-state index in [-0.39, 0.29) is 0 Å². The van der Waals surface area contributed by atoms with Crippen LogP contribution in [0.2, 0.25) is 5.02 Å². The SMILES string of the molecule is NC1CCCC1N1CCN(c2cccc(Cl)c2)CC1. The first-order valence-corrected chi connectivity index (χ1v) is 7.62. The van der Waals surface area contributed by atoms with E-state index in [9.17, 15) is 0 Å². The zero-order chi connectivity index (χ0) is 13.2. The van der Waals surface area contributed by atoms with Gasteiger partial charge in [-0.2, -0.15) is 0 Å². The van der Waals surface area contributed by atoms with Crippen molar-refractivity contribution in [2.75, 3.05) is 31.1 Å². The summed E-state index contributed by atoms with van der Waals surface area (Å²) in [6.45, 7) is 4.38. The maximum Gasteiger partial charge on any atom is 0.0426 e. The largest absolute Gasteiger partial charge is 0.369 e. The Morgan fingerprint density at radius 2 is 1.89 bits per heavy atom. The Morgan fingerprint density at radius 1 is 1.11 bits per heavy atom. The van der Waals surface area contributed by atoms with Crippen LogP contribution in [0.15, 0.2) is 24.3 Å². The summed E-state index contributed by atoms with van der Waals surface area (Å²) in [7, 11) is 0. The van der Waals surface area contributed by atoms with Crippen molar-refractivity contribution in [1.82, 2.24) is 4.90 Å². The predicted octanol–water partition coefficient (Wildman–Crippen LogP) is 2.34. The molecule has 0 radical (unpaired) electrons. The van der Waals surface area contributed by atoms with E-state index < -0.39 is 0 Å². The van der Waals surface area contributed by atoms with Crippen LogP contribution in [0, 0.1) is 0 Å². The van der Waals surface area contributed by atoms with E-state index in [1.807, 2.05) is 12.1 Å². The van der Waals surface area contributed by atoms with E-state index in [2.05, 4.69) is 21.9 Å². The topological polar surface area (TPSA) is 32.5 Å². The van der Waals surface area contributed by atoms with Crippen molar-refractivity contribution >= 4 is 17.3 Å². The standard InChI is InChI=1S/C15H22ClN3/c16-12-3-1-4-13(11-12)18-7-9-19(10-8-18)15-6-2-5-14(15)17/h1,3-4,11,14-15H,2,5-10,17H2. The number of hydrogen-bond acceptors (Lipinski definition) is 3. The van der Waals surface area contributed by atoms with Gasteiger partial charge < -0.3 is 10.6 Å². The van der Waals surface area contributed by atoms with Crippen LogP contribution < -0.4 is 10.6 Å². The molecule has 104 valence electrons. The van der Waals surface area contributed by atoms with E-state index in [0.29, 0.717) is 12.1 Å². The van der Waals surface area contributed by atoms with Gasteiger partial charge in [0.2, 0.25) is 0 Å². The zero-order valence-electron chi connectivity index (χ0n) is 11.3. The molecule has 1 saturated carbocycles. The molecule has 1 heterocycles. The molecule has 0 aromatic heterocycles. The van der Waals surface area contributed by atoms with E-state index in [1.165, 1.54) is 24.9 Å². The molecule has 3 rings (SSSR count). The lowest BCUT2D eigenvalue weighted by Crippen LogP contribution is -2.53. The van der Waals surface area contributed by atoms with Crippen LogP contribution in [0.25, 0.3) is 0 Å². The van der Waals surface area contributed by atoms with Crippen LogP contribution in [0.5, 0.6) is 0 Å². The number of anilines is 1. The van der Waals surface area contributed by atoms with Gasteiger partial charge >= 0.3 is 0 Å². The maximum absolute atomic E-state index is 6.20. The van der Waals surface area contributed by atoms with Gasteiger partial charge in [-0.1, -0.05) is 24.1 Å². The Morgan fingerprint density at radius 3 is 2.53 bits per heavy atom. The van der Waals surface area contributed by atoms with E-state index in [0.717, 1.165) is 31.2 Å². The van der Waals surface area contributed by atoms with Crippen LogP contribution in [-0.4, -0.2) is 43.2 Å². The van der Waals surface area contributed by atoms with Gasteiger partial charge in [-0.3, -0.25) is 4.90 Å². The highest BCUT2D eigenvalue weighted by molar-refractivity contribution is 6.30. The highest BCUT2D eigenvalue weighted by Crippen LogP contribution is 2.26. The molecule has 1 aliphatic heterocycles. The monoisotopic (exact) mass is 279 g/mol. The van der Waals surface area contributed by atoms with Gasteiger partial charge in [0, 0.05) is 49.0 Å². The third kappa shape index (κ3) is 2.88. The first-order valence-electron chi connectivity index (χ1n) is 7.24. The molecule has 2 aliphatic rings. The van der Waals surface area contributed by atoms with Gasteiger partial charge in [-0.05, 0) is 31.0 Å². The minimum atomic E-state index is 0.387. The van der Waals surface area contributed by atoms with E-state index in [1.54, 1.807) is 0 Å². The molecule has 2 N–H and O–H groups in total. The average molecular weight is 280 g/mol. The molecule has 0 amide bonds. The van der Waals surface area contributed by atoms with Crippen molar-refractivity contribution in [1.29, 1.82) is 0 Å². The fraction of sp³-hybridized carbons (Fsp3) is 0.600. The number of rotatable bonds is 2. The molecule has 3 nitrogen and oxygen atoms in total. The number of piperazine rings is 1. The van der Waals surface area contributed by atoms with Crippen molar-refractivity contribution in [2.45, 2.75) is 31.3 Å². The Labute approximate surface area is 120 Å². The highest BCUT2D eigenvalue weighted by atomic mass is 35.5. The van der Waals surface area contributed by atoms with Crippen LogP contribution in [0.1, 0.15) is 19.3 Å². The summed E-state index contributed by atoms with van der Waals surface area (Å²) in [5, 5.41) is 0.817. The lowest BCUT2D eigenvalue weighted by Gasteiger charge is -2.40. The Balaban J connectivity index is 1.60. The third-order valence-corrected chi connectivity index (χ3v) is 4.72. The first-order chi connectivity index (χ1) is 9.24. The van der Waals surface area contributed by atoms with Gasteiger partial charge in [0.05, 0.1) is 0 Å². The lowest BCUT2D eigenvalue weighted by molar-refractivity contribution is 0.175. The van der Waals surface area contributed by atoms with Crippen molar-refractivity contribution < 1.29 is 0 Å². The number of nitrogens with zero attached hydrogens (tertiary/aromatic N) is 2. The Bertz CT molecular complexity index is 429. The fourth-order valence-electron chi connectivity index (χ4n) is 3.41. The molecule has 2 atom stereocenters. The summed E-state index contributed by atoms with van der Waals surface area (Å²) in [6, 6.07) is 9.15. The summed E-state index contributed by atoms with van der Waals surface area (Å²) in [5.41, 5.74) is 7.44. The molecule has 1 aromatic rings. The summed E-state index contributed by atoms with van der Waals surface area (Å²) in [6.07, 6.45) is 3.76. The molecular formula is C15H22ClN3. The quantitative estimate of drug-likeness (QED) is 0.902. The zero-order valence-corrected chi connectivity index (χ0v) is 12.0. The van der Waals surface area contributed by atoms with Crippen molar-refractivity contribution in [3.8, 4) is 0 Å². The maximum atomic E-state index is 6.20. The molecule has 4 heteroatoms. The highest BCUT2D eigenvalue weighted by Gasteiger charge is 2.31. The Hall–Kier alpha value is -0.770. The van der Waals surface area contributed by atoms with Gasteiger partial charge in [0.15, 0.2) is 0 Å². The summed E-state index contributed by atoms with van der Waals surface area (Å²) in [5.74, 6) is 0. The molecular weight excluding hydrogens is 258 g/mol. The lowest BCUT2D eigenvalue weighted by atomic mass is 10.1. The van der Waals surface area contributed by atoms with E-state index in [4.69, 9.17) is 17.3 Å². The molecule has 0 spiro atoms. The smallest absolute Gasteiger partial charge is 0.0426 e. The number of halogens is 1. The predicted molar refractivity (Wildman–Crippen MR) is 80.9 cm³/mol. The third-order valence-electron chi connectivity index (χ3n) is 4.49. The second-order valence-corrected chi connectivity index (χ2v) is 6.10. The molecule has 0 bridgehead atoms. The molecule has 1 saturated heterocycles. The molecule has 2 unspecified atom stereocenters. The summed E-state index contributed by atoms with van der Waals surface area (Å²) >= 11 is 6.06. The minimum Gasteiger partial charge on any atom is -0.369 e. The Kier molecular flexibility index (Phi) is 3.96. The molecule has 2 fully saturated rings. The molecule has 1 aromatic carbocycles. The van der Waals surface area contributed by atoms with Crippen LogP contribution in [0.4, 0.5) is 5.69 Å². The minimum absolute atomic E-state index is 0.387. The number of hydrogen-bond donors (Lipinski definition) is 1. The number of nitrogens with two attached hydrogens (primary N) is 1. The van der Waals surface area contributed by atoms with Crippen molar-refractivity contribution in [3.05, 3.63) is 29.3 Å². The second-order valence-electron chi connectivity index (χ2n) is 5.66. The van der Waals surface area contributed by atoms with Crippen LogP contribution in [0.3, 0.4) is 0 Å². The summed E-state index contributed by atoms with van der Waals surface area (Å²) < 4.78 is 0. The first kappa shape index (κ1) is 13.2. The van der Waals surface area contributed by atoms with Gasteiger partial charge in [0.1, 0.15) is 0 Å². The summed E-state index contributed by atoms with van der Waals surface area (Å²) in [4.78, 5) is 5.00. The average Bonchev–Trinajstić information content (AvgIpc) is 2.85. The normalized spacial score (nSPS) is 28.8. The molecule has 19 heavy (non-hydrogen) atoms. The van der Waals surface area contributed by atoms with Gasteiger partial charge in [-0.15, -0.1) is 0 Å². The molecule has 1 aliphatic carbocycles. The van der Waals surface area contributed by atoms with Crippen LogP contribution >= 0.6 is 11.6 Å². The van der Waals surface area contributed by atoms with Gasteiger partial charge in [-0.25, -0.2) is 0 Å². The van der Waals surface area contributed by atoms with Crippen molar-refractivity contribution in [3.63, 3.8) is 0 Å². The van der Waals surface area contributed by atoms with E-state index >= 15 is 0 Å². The number of benzene rings is 1. The van der Waals surface area contributed by atoms with Gasteiger partial charge in [0.25, 0.3) is 0 Å². The van der Waals surface area contributed by atoms with Crippen molar-refractivity contribution in [2.24, 2.45) is 5.73 Å². The fourth-order valence-corrected chi connectivity index (χ4v) is 3.59. The van der Waals surface area contributed by atoms with Crippen LogP contribution in [-0.2, 0) is 0 Å².